The van der Waals surface area contributed by atoms with Crippen LogP contribution >= 0.6 is 0 Å². The number of carbonyl (C=O) groups is 1. The number of carbonyl (C=O) groups excluding carboxylic acids is 1. The minimum atomic E-state index is -0.0772. The lowest BCUT2D eigenvalue weighted by molar-refractivity contribution is 0.0773. The van der Waals surface area contributed by atoms with Gasteiger partial charge in [0.05, 0.1) is 13.7 Å². The molecule has 6 heteroatoms. The molecule has 1 aliphatic rings. The normalized spacial score (nSPS) is 14.9. The van der Waals surface area contributed by atoms with Crippen molar-refractivity contribution >= 4 is 5.91 Å². The number of hydrogen-bond donors (Lipinski definition) is 0. The molecule has 162 valence electrons. The average molecular weight is 413 g/mol. The lowest BCUT2D eigenvalue weighted by Crippen LogP contribution is -2.35. The fraction of sp³-hybridized carbons (Fsp3) is 0.458. The Hall–Kier alpha value is -2.73. The largest absolute Gasteiger partial charge is 0.493 e. The summed E-state index contributed by atoms with van der Waals surface area (Å²) >= 11 is 0. The minimum absolute atomic E-state index is 0.0772. The minimum Gasteiger partial charge on any atom is -0.493 e. The van der Waals surface area contributed by atoms with Gasteiger partial charge in [0.25, 0.3) is 5.91 Å². The van der Waals surface area contributed by atoms with Gasteiger partial charge in [-0.25, -0.2) is 0 Å². The molecule has 0 bridgehead atoms. The summed E-state index contributed by atoms with van der Waals surface area (Å²) in [5, 5.41) is 0. The van der Waals surface area contributed by atoms with Crippen molar-refractivity contribution in [1.82, 2.24) is 9.80 Å². The van der Waals surface area contributed by atoms with E-state index in [-0.39, 0.29) is 12.0 Å². The van der Waals surface area contributed by atoms with E-state index in [0.717, 1.165) is 31.7 Å². The highest BCUT2D eigenvalue weighted by molar-refractivity contribution is 5.94. The Morgan fingerprint density at radius 3 is 2.47 bits per heavy atom. The molecule has 0 saturated carbocycles. The van der Waals surface area contributed by atoms with Gasteiger partial charge < -0.3 is 24.0 Å². The van der Waals surface area contributed by atoms with E-state index >= 15 is 0 Å². The summed E-state index contributed by atoms with van der Waals surface area (Å²) < 4.78 is 17.4. The molecule has 2 aromatic rings. The van der Waals surface area contributed by atoms with Crippen molar-refractivity contribution < 1.29 is 19.0 Å². The molecule has 0 unspecified atom stereocenters. The highest BCUT2D eigenvalue weighted by Gasteiger charge is 2.21. The first-order valence-corrected chi connectivity index (χ1v) is 10.4. The highest BCUT2D eigenvalue weighted by atomic mass is 16.5. The van der Waals surface area contributed by atoms with Crippen LogP contribution < -0.4 is 14.2 Å². The molecule has 0 aromatic heterocycles. The van der Waals surface area contributed by atoms with E-state index in [2.05, 4.69) is 11.9 Å². The third kappa shape index (κ3) is 5.89. The number of ether oxygens (including phenoxy) is 3. The molecule has 1 amide bonds. The van der Waals surface area contributed by atoms with Crippen molar-refractivity contribution in [3.05, 3.63) is 53.6 Å². The number of hydrogen-bond acceptors (Lipinski definition) is 5. The van der Waals surface area contributed by atoms with E-state index in [1.807, 2.05) is 37.3 Å². The molecule has 1 fully saturated rings. The van der Waals surface area contributed by atoms with Crippen molar-refractivity contribution in [3.8, 4) is 17.2 Å². The van der Waals surface area contributed by atoms with Crippen molar-refractivity contribution in [2.45, 2.75) is 25.9 Å². The van der Waals surface area contributed by atoms with Gasteiger partial charge in [0.15, 0.2) is 11.5 Å². The quantitative estimate of drug-likeness (QED) is 0.663. The van der Waals surface area contributed by atoms with E-state index in [0.29, 0.717) is 30.2 Å². The summed E-state index contributed by atoms with van der Waals surface area (Å²) in [5.74, 6) is 2.00. The molecular weight excluding hydrogens is 380 g/mol. The van der Waals surface area contributed by atoms with Gasteiger partial charge >= 0.3 is 0 Å². The highest BCUT2D eigenvalue weighted by Crippen LogP contribution is 2.31. The molecule has 2 aromatic carbocycles. The van der Waals surface area contributed by atoms with Crippen molar-refractivity contribution in [2.24, 2.45) is 0 Å². The van der Waals surface area contributed by atoms with Crippen LogP contribution in [0.4, 0.5) is 0 Å². The summed E-state index contributed by atoms with van der Waals surface area (Å²) in [6.45, 7) is 5.01. The Bertz CT molecular complexity index is 830. The van der Waals surface area contributed by atoms with Crippen LogP contribution in [0.25, 0.3) is 0 Å². The maximum absolute atomic E-state index is 12.8. The van der Waals surface area contributed by atoms with Gasteiger partial charge in [-0.15, -0.1) is 0 Å². The lowest BCUT2D eigenvalue weighted by atomic mass is 10.1. The molecule has 1 saturated heterocycles. The molecular formula is C24H32N2O4. The second-order valence-corrected chi connectivity index (χ2v) is 7.87. The van der Waals surface area contributed by atoms with E-state index in [1.54, 1.807) is 31.2 Å². The van der Waals surface area contributed by atoms with Gasteiger partial charge in [-0.3, -0.25) is 4.79 Å². The van der Waals surface area contributed by atoms with Crippen LogP contribution in [-0.4, -0.2) is 69.3 Å². The molecule has 0 N–H and O–H groups in total. The Morgan fingerprint density at radius 2 is 1.80 bits per heavy atom. The number of amides is 1. The van der Waals surface area contributed by atoms with E-state index in [4.69, 9.17) is 14.2 Å². The molecule has 30 heavy (non-hydrogen) atoms. The maximum atomic E-state index is 12.8. The Morgan fingerprint density at radius 1 is 1.10 bits per heavy atom. The standard InChI is InChI=1S/C24H32N2O4/c1-18-5-8-20(9-6-18)29-16-15-26(3)24(27)19-7-10-22(23(17-19)28-4)30-21-11-13-25(2)14-12-21/h5-10,17,21H,11-16H2,1-4H3. The number of nitrogens with zero attached hydrogens (tertiary/aromatic N) is 2. The summed E-state index contributed by atoms with van der Waals surface area (Å²) in [4.78, 5) is 16.8. The van der Waals surface area contributed by atoms with Crippen molar-refractivity contribution in [2.75, 3.05) is 47.4 Å². The molecule has 0 aliphatic carbocycles. The number of methoxy groups -OCH3 is 1. The average Bonchev–Trinajstić information content (AvgIpc) is 2.76. The van der Waals surface area contributed by atoms with E-state index in [9.17, 15) is 4.79 Å². The molecule has 3 rings (SSSR count). The van der Waals surface area contributed by atoms with Gasteiger partial charge in [0, 0.05) is 25.7 Å². The van der Waals surface area contributed by atoms with Crippen LogP contribution in [0.2, 0.25) is 0 Å². The number of likely N-dealkylation sites (N-methyl/N-ethyl adjacent to an activating group) is 1. The van der Waals surface area contributed by atoms with Gasteiger partial charge in [0.1, 0.15) is 18.5 Å². The zero-order valence-corrected chi connectivity index (χ0v) is 18.4. The van der Waals surface area contributed by atoms with E-state index < -0.39 is 0 Å². The summed E-state index contributed by atoms with van der Waals surface area (Å²) in [7, 11) is 5.50. The monoisotopic (exact) mass is 412 g/mol. The van der Waals surface area contributed by atoms with E-state index in [1.165, 1.54) is 5.56 Å². The third-order valence-electron chi connectivity index (χ3n) is 5.43. The lowest BCUT2D eigenvalue weighted by Gasteiger charge is -2.29. The zero-order chi connectivity index (χ0) is 21.5. The predicted molar refractivity (Wildman–Crippen MR) is 118 cm³/mol. The van der Waals surface area contributed by atoms with Crippen LogP contribution in [0.3, 0.4) is 0 Å². The van der Waals surface area contributed by atoms with Gasteiger partial charge in [-0.1, -0.05) is 17.7 Å². The summed E-state index contributed by atoms with van der Waals surface area (Å²) in [6, 6.07) is 13.3. The number of piperidine rings is 1. The van der Waals surface area contributed by atoms with Gasteiger partial charge in [-0.05, 0) is 57.1 Å². The number of likely N-dealkylation sites (tertiary alicyclic amines) is 1. The van der Waals surface area contributed by atoms with Crippen molar-refractivity contribution in [1.29, 1.82) is 0 Å². The van der Waals surface area contributed by atoms with Crippen LogP contribution in [0.1, 0.15) is 28.8 Å². The second kappa shape index (κ2) is 10.3. The molecule has 0 atom stereocenters. The molecule has 6 nitrogen and oxygen atoms in total. The Kier molecular flexibility index (Phi) is 7.57. The van der Waals surface area contributed by atoms with Gasteiger partial charge in [-0.2, -0.15) is 0 Å². The SMILES string of the molecule is COc1cc(C(=O)N(C)CCOc2ccc(C)cc2)ccc1OC1CCN(C)CC1. The fourth-order valence-electron chi connectivity index (χ4n) is 3.44. The Balaban J connectivity index is 1.56. The maximum Gasteiger partial charge on any atom is 0.253 e. The summed E-state index contributed by atoms with van der Waals surface area (Å²) in [6.07, 6.45) is 2.16. The molecule has 0 radical (unpaired) electrons. The van der Waals surface area contributed by atoms with Crippen LogP contribution in [-0.2, 0) is 0 Å². The summed E-state index contributed by atoms with van der Waals surface area (Å²) in [5.41, 5.74) is 1.76. The first-order valence-electron chi connectivity index (χ1n) is 10.4. The van der Waals surface area contributed by atoms with Crippen LogP contribution in [0.5, 0.6) is 17.2 Å². The Labute approximate surface area is 179 Å². The molecule has 1 aliphatic heterocycles. The first-order chi connectivity index (χ1) is 14.5. The third-order valence-corrected chi connectivity index (χ3v) is 5.43. The number of rotatable bonds is 8. The second-order valence-electron chi connectivity index (χ2n) is 7.87. The first kappa shape index (κ1) is 22.0. The zero-order valence-electron chi connectivity index (χ0n) is 18.4. The van der Waals surface area contributed by atoms with Gasteiger partial charge in [0.2, 0.25) is 0 Å². The van der Waals surface area contributed by atoms with Crippen LogP contribution in [0.15, 0.2) is 42.5 Å². The number of aryl methyl sites for hydroxylation is 1. The van der Waals surface area contributed by atoms with Crippen molar-refractivity contribution in [3.63, 3.8) is 0 Å². The smallest absolute Gasteiger partial charge is 0.253 e. The van der Waals surface area contributed by atoms with Crippen LogP contribution in [0, 0.1) is 6.92 Å². The number of benzene rings is 2. The molecule has 1 heterocycles. The topological polar surface area (TPSA) is 51.2 Å². The fourth-order valence-corrected chi connectivity index (χ4v) is 3.44. The molecule has 0 spiro atoms. The predicted octanol–water partition coefficient (Wildman–Crippen LogP) is 3.63.